The number of anilines is 1. The highest BCUT2D eigenvalue weighted by Crippen LogP contribution is 2.14. The van der Waals surface area contributed by atoms with Crippen molar-refractivity contribution in [2.24, 2.45) is 5.73 Å². The third kappa shape index (κ3) is 5.65. The number of benzene rings is 1. The van der Waals surface area contributed by atoms with Crippen LogP contribution >= 0.6 is 0 Å². The van der Waals surface area contributed by atoms with Crippen LogP contribution in [0.5, 0.6) is 5.75 Å². The van der Waals surface area contributed by atoms with Crippen molar-refractivity contribution in [3.63, 3.8) is 0 Å². The first kappa shape index (κ1) is 14.5. The molecule has 0 spiro atoms. The summed E-state index contributed by atoms with van der Waals surface area (Å²) in [4.78, 5) is 11.5. The molecule has 0 radical (unpaired) electrons. The zero-order valence-electron chi connectivity index (χ0n) is 11.0. The van der Waals surface area contributed by atoms with Gasteiger partial charge in [-0.25, -0.2) is 0 Å². The maximum Gasteiger partial charge on any atom is 0.250 e. The van der Waals surface area contributed by atoms with E-state index in [1.807, 2.05) is 13.8 Å². The summed E-state index contributed by atoms with van der Waals surface area (Å²) in [5, 5.41) is 2.72. The number of amides is 1. The smallest absolute Gasteiger partial charge is 0.250 e. The van der Waals surface area contributed by atoms with E-state index in [1.165, 1.54) is 0 Å². The number of methoxy groups -OCH3 is 1. The molecule has 0 unspecified atom stereocenters. The van der Waals surface area contributed by atoms with Gasteiger partial charge in [-0.15, -0.1) is 0 Å². The van der Waals surface area contributed by atoms with Gasteiger partial charge in [-0.1, -0.05) is 0 Å². The quantitative estimate of drug-likeness (QED) is 0.802. The SMILES string of the molecule is COc1ccc(NC(=O)COCC(C)(C)N)cc1. The molecule has 0 aliphatic heterocycles. The first-order valence-corrected chi connectivity index (χ1v) is 5.71. The summed E-state index contributed by atoms with van der Waals surface area (Å²) in [7, 11) is 1.59. The second-order valence-corrected chi connectivity index (χ2v) is 4.76. The molecule has 0 bridgehead atoms. The fraction of sp³-hybridized carbons (Fsp3) is 0.462. The van der Waals surface area contributed by atoms with Gasteiger partial charge in [-0.05, 0) is 38.1 Å². The van der Waals surface area contributed by atoms with E-state index in [2.05, 4.69) is 5.32 Å². The van der Waals surface area contributed by atoms with Crippen molar-refractivity contribution in [1.82, 2.24) is 0 Å². The highest BCUT2D eigenvalue weighted by atomic mass is 16.5. The van der Waals surface area contributed by atoms with Crippen LogP contribution in [0.15, 0.2) is 24.3 Å². The van der Waals surface area contributed by atoms with Gasteiger partial charge in [0.1, 0.15) is 12.4 Å². The maximum atomic E-state index is 11.5. The molecule has 3 N–H and O–H groups in total. The summed E-state index contributed by atoms with van der Waals surface area (Å²) in [6, 6.07) is 7.09. The van der Waals surface area contributed by atoms with Crippen LogP contribution < -0.4 is 15.8 Å². The lowest BCUT2D eigenvalue weighted by Crippen LogP contribution is -2.38. The number of carbonyl (C=O) groups is 1. The Balaban J connectivity index is 2.35. The number of hydrogen-bond acceptors (Lipinski definition) is 4. The Bertz CT molecular complexity index is 382. The Morgan fingerprint density at radius 1 is 1.33 bits per heavy atom. The largest absolute Gasteiger partial charge is 0.497 e. The van der Waals surface area contributed by atoms with E-state index in [1.54, 1.807) is 31.4 Å². The summed E-state index contributed by atoms with van der Waals surface area (Å²) in [6.45, 7) is 4.01. The lowest BCUT2D eigenvalue weighted by molar-refractivity contribution is -0.121. The van der Waals surface area contributed by atoms with Gasteiger partial charge < -0.3 is 20.5 Å². The van der Waals surface area contributed by atoms with Crippen LogP contribution in [0.25, 0.3) is 0 Å². The van der Waals surface area contributed by atoms with Gasteiger partial charge in [-0.3, -0.25) is 4.79 Å². The highest BCUT2D eigenvalue weighted by Gasteiger charge is 2.11. The van der Waals surface area contributed by atoms with Crippen LogP contribution in [0.4, 0.5) is 5.69 Å². The number of hydrogen-bond donors (Lipinski definition) is 2. The molecule has 0 aromatic heterocycles. The average Bonchev–Trinajstić information content (AvgIpc) is 2.28. The Morgan fingerprint density at radius 2 is 1.94 bits per heavy atom. The van der Waals surface area contributed by atoms with Crippen molar-refractivity contribution < 1.29 is 14.3 Å². The van der Waals surface area contributed by atoms with Crippen molar-refractivity contribution in [2.75, 3.05) is 25.6 Å². The number of ether oxygens (including phenoxy) is 2. The van der Waals surface area contributed by atoms with Gasteiger partial charge in [-0.2, -0.15) is 0 Å². The molecule has 0 aliphatic rings. The summed E-state index contributed by atoms with van der Waals surface area (Å²) in [6.07, 6.45) is 0. The molecule has 5 nitrogen and oxygen atoms in total. The lowest BCUT2D eigenvalue weighted by Gasteiger charge is -2.17. The molecule has 0 aliphatic carbocycles. The first-order valence-electron chi connectivity index (χ1n) is 5.71. The van der Waals surface area contributed by atoms with E-state index >= 15 is 0 Å². The van der Waals surface area contributed by atoms with E-state index < -0.39 is 5.54 Å². The third-order valence-corrected chi connectivity index (χ3v) is 2.08. The molecule has 0 atom stereocenters. The molecule has 18 heavy (non-hydrogen) atoms. The van der Waals surface area contributed by atoms with E-state index in [0.717, 1.165) is 5.75 Å². The second-order valence-electron chi connectivity index (χ2n) is 4.76. The van der Waals surface area contributed by atoms with Gasteiger partial charge in [0, 0.05) is 11.2 Å². The summed E-state index contributed by atoms with van der Waals surface area (Å²) in [5.74, 6) is 0.540. The molecule has 100 valence electrons. The van der Waals surface area contributed by atoms with E-state index in [-0.39, 0.29) is 12.5 Å². The normalized spacial score (nSPS) is 11.1. The van der Waals surface area contributed by atoms with Crippen LogP contribution in [0.1, 0.15) is 13.8 Å². The van der Waals surface area contributed by atoms with Crippen LogP contribution in [0.2, 0.25) is 0 Å². The predicted octanol–water partition coefficient (Wildman–Crippen LogP) is 1.39. The average molecular weight is 252 g/mol. The zero-order chi connectivity index (χ0) is 13.6. The molecule has 1 amide bonds. The Morgan fingerprint density at radius 3 is 2.44 bits per heavy atom. The first-order chi connectivity index (χ1) is 8.40. The lowest BCUT2D eigenvalue weighted by atomic mass is 10.1. The molecule has 0 heterocycles. The molecule has 1 aromatic rings. The molecular formula is C13H20N2O3. The predicted molar refractivity (Wildman–Crippen MR) is 70.7 cm³/mol. The van der Waals surface area contributed by atoms with Gasteiger partial charge in [0.25, 0.3) is 0 Å². The molecule has 0 saturated carbocycles. The number of nitrogens with two attached hydrogens (primary N) is 1. The second kappa shape index (κ2) is 6.37. The van der Waals surface area contributed by atoms with Crippen LogP contribution in [0.3, 0.4) is 0 Å². The minimum absolute atomic E-state index is 0.00728. The molecule has 1 aromatic carbocycles. The van der Waals surface area contributed by atoms with Crippen molar-refractivity contribution in [2.45, 2.75) is 19.4 Å². The van der Waals surface area contributed by atoms with E-state index in [4.69, 9.17) is 15.2 Å². The van der Waals surface area contributed by atoms with Gasteiger partial charge >= 0.3 is 0 Å². The topological polar surface area (TPSA) is 73.6 Å². The van der Waals surface area contributed by atoms with Gasteiger partial charge in [0.15, 0.2) is 0 Å². The molecule has 1 rings (SSSR count). The molecular weight excluding hydrogens is 232 g/mol. The van der Waals surface area contributed by atoms with Gasteiger partial charge in [0.05, 0.1) is 13.7 Å². The summed E-state index contributed by atoms with van der Waals surface area (Å²) < 4.78 is 10.2. The Kier molecular flexibility index (Phi) is 5.12. The number of rotatable bonds is 6. The maximum absolute atomic E-state index is 11.5. The Hall–Kier alpha value is -1.59. The van der Waals surface area contributed by atoms with Crippen molar-refractivity contribution in [3.05, 3.63) is 24.3 Å². The fourth-order valence-corrected chi connectivity index (χ4v) is 1.28. The van der Waals surface area contributed by atoms with Crippen molar-refractivity contribution in [3.8, 4) is 5.75 Å². The molecule has 5 heteroatoms. The molecule has 0 fully saturated rings. The molecule has 0 saturated heterocycles. The third-order valence-electron chi connectivity index (χ3n) is 2.08. The van der Waals surface area contributed by atoms with Crippen LogP contribution in [0, 0.1) is 0 Å². The zero-order valence-corrected chi connectivity index (χ0v) is 11.0. The number of carbonyl (C=O) groups excluding carboxylic acids is 1. The Labute approximate surface area is 107 Å². The van der Waals surface area contributed by atoms with E-state index in [0.29, 0.717) is 12.3 Å². The summed E-state index contributed by atoms with van der Waals surface area (Å²) >= 11 is 0. The minimum Gasteiger partial charge on any atom is -0.497 e. The fourth-order valence-electron chi connectivity index (χ4n) is 1.28. The standard InChI is InChI=1S/C13H20N2O3/c1-13(2,14)9-18-8-12(16)15-10-4-6-11(17-3)7-5-10/h4-7H,8-9,14H2,1-3H3,(H,15,16). The van der Waals surface area contributed by atoms with E-state index in [9.17, 15) is 4.79 Å². The highest BCUT2D eigenvalue weighted by molar-refractivity contribution is 5.91. The van der Waals surface area contributed by atoms with Crippen molar-refractivity contribution >= 4 is 11.6 Å². The number of nitrogens with one attached hydrogen (secondary N) is 1. The minimum atomic E-state index is -0.430. The van der Waals surface area contributed by atoms with Gasteiger partial charge in [0.2, 0.25) is 5.91 Å². The van der Waals surface area contributed by atoms with Crippen molar-refractivity contribution in [1.29, 1.82) is 0 Å². The summed E-state index contributed by atoms with van der Waals surface area (Å²) in [5.41, 5.74) is 6.01. The monoisotopic (exact) mass is 252 g/mol. The van der Waals surface area contributed by atoms with Crippen LogP contribution in [-0.4, -0.2) is 31.8 Å². The van der Waals surface area contributed by atoms with Crippen LogP contribution in [-0.2, 0) is 9.53 Å².